The first kappa shape index (κ1) is 15.7. The van der Waals surface area contributed by atoms with Crippen LogP contribution in [0, 0.1) is 6.92 Å². The van der Waals surface area contributed by atoms with Crippen molar-refractivity contribution < 1.29 is 13.9 Å². The monoisotopic (exact) mass is 315 g/mol. The van der Waals surface area contributed by atoms with Gasteiger partial charge in [0.15, 0.2) is 0 Å². The van der Waals surface area contributed by atoms with Crippen molar-refractivity contribution in [2.24, 2.45) is 0 Å². The van der Waals surface area contributed by atoms with E-state index in [1.165, 1.54) is 0 Å². The normalized spacial score (nSPS) is 21.1. The molecule has 6 heteroatoms. The highest BCUT2D eigenvalue weighted by molar-refractivity contribution is 5.95. The first-order valence-electron chi connectivity index (χ1n) is 7.88. The van der Waals surface area contributed by atoms with E-state index < -0.39 is 0 Å². The number of nitrogens with zero attached hydrogens (tertiary/aromatic N) is 2. The molecule has 0 bridgehead atoms. The Hall–Kier alpha value is -2.21. The predicted octanol–water partition coefficient (Wildman–Crippen LogP) is 2.73. The van der Waals surface area contributed by atoms with Gasteiger partial charge >= 0.3 is 0 Å². The summed E-state index contributed by atoms with van der Waals surface area (Å²) in [6.07, 6.45) is 3.20. The quantitative estimate of drug-likeness (QED) is 0.938. The number of nitrogens with one attached hydrogen (secondary N) is 1. The van der Waals surface area contributed by atoms with E-state index >= 15 is 0 Å². The number of benzene rings is 1. The molecule has 1 atom stereocenters. The largest absolute Gasteiger partial charge is 0.421 e. The second kappa shape index (κ2) is 6.50. The van der Waals surface area contributed by atoms with Crippen LogP contribution in [0.25, 0.3) is 11.5 Å². The lowest BCUT2D eigenvalue weighted by Crippen LogP contribution is -2.44. The molecule has 0 aliphatic carbocycles. The van der Waals surface area contributed by atoms with Crippen molar-refractivity contribution >= 4 is 5.91 Å². The molecule has 122 valence electrons. The summed E-state index contributed by atoms with van der Waals surface area (Å²) in [4.78, 5) is 12.4. The molecule has 1 amide bonds. The van der Waals surface area contributed by atoms with Gasteiger partial charge in [0, 0.05) is 31.2 Å². The maximum absolute atomic E-state index is 12.4. The average Bonchev–Trinajstić information content (AvgIpc) is 3.00. The number of hydrogen-bond acceptors (Lipinski definition) is 5. The van der Waals surface area contributed by atoms with Gasteiger partial charge in [-0.15, -0.1) is 10.2 Å². The highest BCUT2D eigenvalue weighted by atomic mass is 16.5. The summed E-state index contributed by atoms with van der Waals surface area (Å²) >= 11 is 0. The Morgan fingerprint density at radius 2 is 2.22 bits per heavy atom. The summed E-state index contributed by atoms with van der Waals surface area (Å²) in [7, 11) is 0. The molecule has 0 saturated carbocycles. The second-order valence-electron chi connectivity index (χ2n) is 6.15. The highest BCUT2D eigenvalue weighted by Crippen LogP contribution is 2.24. The van der Waals surface area contributed by atoms with Crippen molar-refractivity contribution in [2.45, 2.75) is 38.7 Å². The topological polar surface area (TPSA) is 77.2 Å². The van der Waals surface area contributed by atoms with Gasteiger partial charge in [-0.1, -0.05) is 6.07 Å². The van der Waals surface area contributed by atoms with Crippen molar-refractivity contribution in [1.29, 1.82) is 0 Å². The fraction of sp³-hybridized carbons (Fsp3) is 0.471. The maximum atomic E-state index is 12.4. The second-order valence-corrected chi connectivity index (χ2v) is 6.15. The van der Waals surface area contributed by atoms with E-state index in [-0.39, 0.29) is 11.5 Å². The molecule has 1 saturated heterocycles. The molecule has 1 fully saturated rings. The Bertz CT molecular complexity index is 690. The van der Waals surface area contributed by atoms with E-state index in [9.17, 15) is 4.79 Å². The molecule has 1 unspecified atom stereocenters. The third kappa shape index (κ3) is 3.76. The maximum Gasteiger partial charge on any atom is 0.251 e. The smallest absolute Gasteiger partial charge is 0.251 e. The van der Waals surface area contributed by atoms with Crippen molar-refractivity contribution in [3.05, 3.63) is 35.7 Å². The van der Waals surface area contributed by atoms with E-state index in [0.717, 1.165) is 31.4 Å². The number of hydrogen-bond donors (Lipinski definition) is 1. The van der Waals surface area contributed by atoms with Crippen molar-refractivity contribution in [3.63, 3.8) is 0 Å². The average molecular weight is 315 g/mol. The number of carbonyl (C=O) groups excluding carboxylic acids is 1. The summed E-state index contributed by atoms with van der Waals surface area (Å²) in [6.45, 7) is 5.05. The zero-order valence-corrected chi connectivity index (χ0v) is 13.5. The van der Waals surface area contributed by atoms with E-state index in [2.05, 4.69) is 15.5 Å². The lowest BCUT2D eigenvalue weighted by atomic mass is 9.96. The van der Waals surface area contributed by atoms with Gasteiger partial charge in [0.1, 0.15) is 0 Å². The van der Waals surface area contributed by atoms with Crippen LogP contribution in [-0.2, 0) is 4.74 Å². The Labute approximate surface area is 135 Å². The SMILES string of the molecule is Cc1nnc(-c2cccc(C(=O)NCC3(C)CCCCO3)c2)o1. The predicted molar refractivity (Wildman–Crippen MR) is 85.0 cm³/mol. The Balaban J connectivity index is 1.68. The number of rotatable bonds is 4. The van der Waals surface area contributed by atoms with Crippen LogP contribution in [-0.4, -0.2) is 34.9 Å². The molecule has 0 spiro atoms. The number of aromatic nitrogens is 2. The van der Waals surface area contributed by atoms with Crippen molar-refractivity contribution in [2.75, 3.05) is 13.2 Å². The number of ether oxygens (including phenoxy) is 1. The van der Waals surface area contributed by atoms with Crippen LogP contribution in [0.5, 0.6) is 0 Å². The summed E-state index contributed by atoms with van der Waals surface area (Å²) in [6, 6.07) is 7.18. The molecule has 1 aliphatic heterocycles. The molecule has 1 aromatic carbocycles. The summed E-state index contributed by atoms with van der Waals surface area (Å²) in [5, 5.41) is 10.8. The standard InChI is InChI=1S/C17H21N3O3/c1-12-19-20-16(23-12)14-7-5-6-13(10-14)15(21)18-11-17(2)8-3-4-9-22-17/h5-7,10H,3-4,8-9,11H2,1-2H3,(H,18,21). The molecule has 3 rings (SSSR count). The fourth-order valence-corrected chi connectivity index (χ4v) is 2.71. The minimum Gasteiger partial charge on any atom is -0.421 e. The van der Waals surface area contributed by atoms with Gasteiger partial charge in [0.25, 0.3) is 5.91 Å². The molecule has 6 nitrogen and oxygen atoms in total. The van der Waals surface area contributed by atoms with Crippen molar-refractivity contribution in [1.82, 2.24) is 15.5 Å². The van der Waals surface area contributed by atoms with Crippen molar-refractivity contribution in [3.8, 4) is 11.5 Å². The van der Waals surface area contributed by atoms with Gasteiger partial charge in [-0.25, -0.2) is 0 Å². The summed E-state index contributed by atoms with van der Waals surface area (Å²) < 4.78 is 11.2. The number of aryl methyl sites for hydroxylation is 1. The van der Waals surface area contributed by atoms with E-state index in [1.54, 1.807) is 19.1 Å². The van der Waals surface area contributed by atoms with Gasteiger partial charge in [0.2, 0.25) is 11.8 Å². The minimum absolute atomic E-state index is 0.126. The molecule has 1 aliphatic rings. The number of carbonyl (C=O) groups is 1. The molecule has 1 N–H and O–H groups in total. The van der Waals surface area contributed by atoms with Crippen LogP contribution in [0.4, 0.5) is 0 Å². The molecule has 2 heterocycles. The summed E-state index contributed by atoms with van der Waals surface area (Å²) in [5.41, 5.74) is 1.03. The zero-order chi connectivity index (χ0) is 16.3. The van der Waals surface area contributed by atoms with Crippen LogP contribution < -0.4 is 5.32 Å². The van der Waals surface area contributed by atoms with Gasteiger partial charge in [0.05, 0.1) is 5.60 Å². The van der Waals surface area contributed by atoms with Crippen LogP contribution in [0.3, 0.4) is 0 Å². The van der Waals surface area contributed by atoms with Gasteiger partial charge in [-0.2, -0.15) is 0 Å². The zero-order valence-electron chi connectivity index (χ0n) is 13.5. The Kier molecular flexibility index (Phi) is 4.43. The Morgan fingerprint density at radius 3 is 2.91 bits per heavy atom. The number of amides is 1. The van der Waals surface area contributed by atoms with Crippen LogP contribution in [0.1, 0.15) is 42.4 Å². The lowest BCUT2D eigenvalue weighted by molar-refractivity contribution is -0.0618. The molecule has 2 aromatic rings. The first-order chi connectivity index (χ1) is 11.1. The molecule has 23 heavy (non-hydrogen) atoms. The van der Waals surface area contributed by atoms with Gasteiger partial charge in [-0.3, -0.25) is 4.79 Å². The van der Waals surface area contributed by atoms with Crippen LogP contribution in [0.15, 0.2) is 28.7 Å². The van der Waals surface area contributed by atoms with Gasteiger partial charge < -0.3 is 14.5 Å². The van der Waals surface area contributed by atoms with Crippen LogP contribution >= 0.6 is 0 Å². The molecular weight excluding hydrogens is 294 g/mol. The molecule has 0 radical (unpaired) electrons. The van der Waals surface area contributed by atoms with E-state index in [4.69, 9.17) is 9.15 Å². The molecular formula is C17H21N3O3. The first-order valence-corrected chi connectivity index (χ1v) is 7.88. The highest BCUT2D eigenvalue weighted by Gasteiger charge is 2.28. The Morgan fingerprint density at radius 1 is 1.35 bits per heavy atom. The minimum atomic E-state index is -0.269. The molecule has 1 aromatic heterocycles. The lowest BCUT2D eigenvalue weighted by Gasteiger charge is -2.33. The van der Waals surface area contributed by atoms with E-state index in [1.807, 2.05) is 19.1 Å². The third-order valence-electron chi connectivity index (χ3n) is 4.07. The van der Waals surface area contributed by atoms with E-state index in [0.29, 0.717) is 23.9 Å². The van der Waals surface area contributed by atoms with Crippen LogP contribution in [0.2, 0.25) is 0 Å². The fourth-order valence-electron chi connectivity index (χ4n) is 2.71. The third-order valence-corrected chi connectivity index (χ3v) is 4.07. The summed E-state index contributed by atoms with van der Waals surface area (Å²) in [5.74, 6) is 0.787. The van der Waals surface area contributed by atoms with Gasteiger partial charge in [-0.05, 0) is 44.4 Å².